The molecule has 0 aromatic heterocycles. The van der Waals surface area contributed by atoms with Gasteiger partial charge >= 0.3 is 12.1 Å². The first-order valence-corrected chi connectivity index (χ1v) is 8.06. The standard InChI is InChI=1S/C16H30N2O4/c1-16(2,3)22-15(20)17-11-13-7-5-9-18(12-13)10-6-8-14(19)21-4/h13H,5-12H2,1-4H3,(H,17,20). The summed E-state index contributed by atoms with van der Waals surface area (Å²) < 4.78 is 9.89. The van der Waals surface area contributed by atoms with Gasteiger partial charge in [0.2, 0.25) is 0 Å². The maximum atomic E-state index is 11.7. The summed E-state index contributed by atoms with van der Waals surface area (Å²) in [6.45, 7) is 9.13. The summed E-state index contributed by atoms with van der Waals surface area (Å²) in [4.78, 5) is 25.1. The molecule has 1 heterocycles. The van der Waals surface area contributed by atoms with Crippen molar-refractivity contribution in [2.45, 2.75) is 52.1 Å². The third kappa shape index (κ3) is 8.22. The van der Waals surface area contributed by atoms with Crippen LogP contribution in [0.1, 0.15) is 46.5 Å². The van der Waals surface area contributed by atoms with Gasteiger partial charge in [0.05, 0.1) is 7.11 Å². The topological polar surface area (TPSA) is 67.9 Å². The Bertz CT molecular complexity index is 366. The number of amides is 1. The fraction of sp³-hybridized carbons (Fsp3) is 0.875. The molecule has 0 aliphatic carbocycles. The number of hydrogen-bond acceptors (Lipinski definition) is 5. The summed E-state index contributed by atoms with van der Waals surface area (Å²) in [6, 6.07) is 0. The average molecular weight is 314 g/mol. The zero-order valence-electron chi connectivity index (χ0n) is 14.3. The molecule has 0 aromatic carbocycles. The zero-order chi connectivity index (χ0) is 16.6. The molecule has 128 valence electrons. The summed E-state index contributed by atoms with van der Waals surface area (Å²) in [5.74, 6) is 0.291. The lowest BCUT2D eigenvalue weighted by molar-refractivity contribution is -0.140. The van der Waals surface area contributed by atoms with Crippen LogP contribution in [0.5, 0.6) is 0 Å². The van der Waals surface area contributed by atoms with Crippen LogP contribution in [0.25, 0.3) is 0 Å². The number of nitrogens with one attached hydrogen (secondary N) is 1. The van der Waals surface area contributed by atoms with Gasteiger partial charge in [0, 0.05) is 19.5 Å². The van der Waals surface area contributed by atoms with Gasteiger partial charge in [0.15, 0.2) is 0 Å². The van der Waals surface area contributed by atoms with Crippen molar-refractivity contribution in [1.82, 2.24) is 10.2 Å². The number of esters is 1. The fourth-order valence-electron chi connectivity index (χ4n) is 2.61. The molecule has 6 nitrogen and oxygen atoms in total. The van der Waals surface area contributed by atoms with Crippen molar-refractivity contribution in [3.05, 3.63) is 0 Å². The van der Waals surface area contributed by atoms with E-state index in [4.69, 9.17) is 4.74 Å². The van der Waals surface area contributed by atoms with Crippen LogP contribution in [0.4, 0.5) is 4.79 Å². The molecule has 1 atom stereocenters. The molecule has 1 amide bonds. The maximum absolute atomic E-state index is 11.7. The molecule has 0 bridgehead atoms. The number of likely N-dealkylation sites (tertiary alicyclic amines) is 1. The largest absolute Gasteiger partial charge is 0.469 e. The lowest BCUT2D eigenvalue weighted by Gasteiger charge is -2.32. The molecular formula is C16H30N2O4. The molecule has 0 saturated carbocycles. The maximum Gasteiger partial charge on any atom is 0.407 e. The molecule has 1 aliphatic heterocycles. The zero-order valence-corrected chi connectivity index (χ0v) is 14.3. The fourth-order valence-corrected chi connectivity index (χ4v) is 2.61. The minimum absolute atomic E-state index is 0.153. The van der Waals surface area contributed by atoms with Crippen molar-refractivity contribution in [3.8, 4) is 0 Å². The van der Waals surface area contributed by atoms with Gasteiger partial charge < -0.3 is 19.7 Å². The Morgan fingerprint density at radius 3 is 2.68 bits per heavy atom. The molecule has 0 spiro atoms. The quantitative estimate of drug-likeness (QED) is 0.761. The third-order valence-electron chi connectivity index (χ3n) is 3.62. The van der Waals surface area contributed by atoms with Gasteiger partial charge in [-0.15, -0.1) is 0 Å². The van der Waals surface area contributed by atoms with E-state index >= 15 is 0 Å². The first kappa shape index (κ1) is 18.7. The molecule has 6 heteroatoms. The van der Waals surface area contributed by atoms with Crippen LogP contribution < -0.4 is 5.32 Å². The van der Waals surface area contributed by atoms with Crippen LogP contribution in [-0.4, -0.2) is 55.9 Å². The predicted molar refractivity (Wildman–Crippen MR) is 84.7 cm³/mol. The number of carbonyl (C=O) groups excluding carboxylic acids is 2. The number of hydrogen-bond donors (Lipinski definition) is 1. The molecule has 1 aliphatic rings. The highest BCUT2D eigenvalue weighted by molar-refractivity contribution is 5.69. The van der Waals surface area contributed by atoms with Crippen LogP contribution in [0.3, 0.4) is 0 Å². The number of nitrogens with zero attached hydrogens (tertiary/aromatic N) is 1. The summed E-state index contributed by atoms with van der Waals surface area (Å²) in [6.07, 6.45) is 3.17. The molecule has 0 aromatic rings. The smallest absolute Gasteiger partial charge is 0.407 e. The van der Waals surface area contributed by atoms with Crippen molar-refractivity contribution in [2.75, 3.05) is 33.3 Å². The highest BCUT2D eigenvalue weighted by Crippen LogP contribution is 2.16. The highest BCUT2D eigenvalue weighted by Gasteiger charge is 2.22. The normalized spacial score (nSPS) is 19.5. The van der Waals surface area contributed by atoms with Gasteiger partial charge in [-0.05, 0) is 59.0 Å². The van der Waals surface area contributed by atoms with Crippen molar-refractivity contribution < 1.29 is 19.1 Å². The number of rotatable bonds is 6. The molecular weight excluding hydrogens is 284 g/mol. The average Bonchev–Trinajstić information content (AvgIpc) is 2.43. The van der Waals surface area contributed by atoms with Crippen molar-refractivity contribution in [1.29, 1.82) is 0 Å². The molecule has 22 heavy (non-hydrogen) atoms. The van der Waals surface area contributed by atoms with Gasteiger partial charge in [-0.25, -0.2) is 4.79 Å². The predicted octanol–water partition coefficient (Wildman–Crippen LogP) is 2.18. The second-order valence-electron chi connectivity index (χ2n) is 6.87. The van der Waals surface area contributed by atoms with Gasteiger partial charge in [0.25, 0.3) is 0 Å². The summed E-state index contributed by atoms with van der Waals surface area (Å²) in [5, 5.41) is 2.85. The Balaban J connectivity index is 2.22. The summed E-state index contributed by atoms with van der Waals surface area (Å²) in [7, 11) is 1.42. The van der Waals surface area contributed by atoms with Crippen molar-refractivity contribution >= 4 is 12.1 Å². The van der Waals surface area contributed by atoms with Crippen LogP contribution in [-0.2, 0) is 14.3 Å². The summed E-state index contributed by atoms with van der Waals surface area (Å²) >= 11 is 0. The minimum Gasteiger partial charge on any atom is -0.469 e. The molecule has 1 N–H and O–H groups in total. The Labute approximate surface area is 133 Å². The monoisotopic (exact) mass is 314 g/mol. The van der Waals surface area contributed by atoms with Crippen molar-refractivity contribution in [3.63, 3.8) is 0 Å². The Kier molecular flexibility index (Phi) is 7.65. The van der Waals surface area contributed by atoms with E-state index in [1.165, 1.54) is 7.11 Å². The van der Waals surface area contributed by atoms with Gasteiger partial charge in [-0.3, -0.25) is 4.79 Å². The summed E-state index contributed by atoms with van der Waals surface area (Å²) in [5.41, 5.74) is -0.462. The van der Waals surface area contributed by atoms with Crippen molar-refractivity contribution in [2.24, 2.45) is 5.92 Å². The van der Waals surface area contributed by atoms with Crippen LogP contribution in [0.2, 0.25) is 0 Å². The number of methoxy groups -OCH3 is 1. The van der Waals surface area contributed by atoms with Crippen LogP contribution in [0.15, 0.2) is 0 Å². The highest BCUT2D eigenvalue weighted by atomic mass is 16.6. The van der Waals surface area contributed by atoms with E-state index in [-0.39, 0.29) is 12.1 Å². The molecule has 1 fully saturated rings. The molecule has 0 radical (unpaired) electrons. The Hall–Kier alpha value is -1.30. The van der Waals surface area contributed by atoms with Gasteiger partial charge in [0.1, 0.15) is 5.60 Å². The Morgan fingerprint density at radius 2 is 2.05 bits per heavy atom. The van der Waals surface area contributed by atoms with Gasteiger partial charge in [-0.1, -0.05) is 0 Å². The number of alkyl carbamates (subject to hydrolysis) is 1. The lowest BCUT2D eigenvalue weighted by Crippen LogP contribution is -2.42. The third-order valence-corrected chi connectivity index (χ3v) is 3.62. The molecule has 1 rings (SSSR count). The van der Waals surface area contributed by atoms with E-state index in [1.54, 1.807) is 0 Å². The molecule has 1 saturated heterocycles. The van der Waals surface area contributed by atoms with E-state index < -0.39 is 5.60 Å². The first-order chi connectivity index (χ1) is 10.3. The number of ether oxygens (including phenoxy) is 2. The Morgan fingerprint density at radius 1 is 1.32 bits per heavy atom. The van der Waals surface area contributed by atoms with E-state index in [1.807, 2.05) is 20.8 Å². The van der Waals surface area contributed by atoms with Gasteiger partial charge in [-0.2, -0.15) is 0 Å². The second kappa shape index (κ2) is 8.98. The van der Waals surface area contributed by atoms with E-state index in [0.717, 1.165) is 38.9 Å². The van der Waals surface area contributed by atoms with E-state index in [9.17, 15) is 9.59 Å². The number of piperidine rings is 1. The first-order valence-electron chi connectivity index (χ1n) is 8.06. The SMILES string of the molecule is COC(=O)CCCN1CCCC(CNC(=O)OC(C)(C)C)C1. The molecule has 1 unspecified atom stereocenters. The lowest BCUT2D eigenvalue weighted by atomic mass is 9.98. The minimum atomic E-state index is -0.462. The van der Waals surface area contributed by atoms with Crippen LogP contribution >= 0.6 is 0 Å². The second-order valence-corrected chi connectivity index (χ2v) is 6.87. The van der Waals surface area contributed by atoms with Crippen LogP contribution in [0, 0.1) is 5.92 Å². The number of carbonyl (C=O) groups is 2. The van der Waals surface area contributed by atoms with E-state index in [0.29, 0.717) is 18.9 Å². The van der Waals surface area contributed by atoms with E-state index in [2.05, 4.69) is 15.0 Å².